The van der Waals surface area contributed by atoms with Crippen molar-refractivity contribution >= 4 is 56.8 Å². The molecule has 38 heavy (non-hydrogen) atoms. The molecule has 2 aromatic rings. The van der Waals surface area contributed by atoms with Crippen LogP contribution in [0.4, 0.5) is 5.82 Å². The second-order valence-electron chi connectivity index (χ2n) is 9.19. The third-order valence-corrected chi connectivity index (χ3v) is 9.80. The summed E-state index contributed by atoms with van der Waals surface area (Å²) in [5.74, 6) is -0.545. The van der Waals surface area contributed by atoms with Gasteiger partial charge in [-0.25, -0.2) is 9.36 Å². The van der Waals surface area contributed by atoms with Crippen LogP contribution >= 0.6 is 39.5 Å². The van der Waals surface area contributed by atoms with E-state index in [2.05, 4.69) is 36.8 Å². The highest BCUT2D eigenvalue weighted by atomic mass is 79.9. The second kappa shape index (κ2) is 12.5. The number of Topliss-reactive ketones (excluding diaryl/α,β-unsaturated/α-hetero) is 2. The maximum Gasteiger partial charge on any atom is 0.380 e. The number of nitrogens with zero attached hydrogens (tertiary/aromatic N) is 2. The van der Waals surface area contributed by atoms with Crippen LogP contribution in [0.5, 0.6) is 5.75 Å². The van der Waals surface area contributed by atoms with E-state index < -0.39 is 40.9 Å². The molecule has 1 aromatic heterocycles. The molecule has 14 heteroatoms. The molecule has 0 amide bonds. The quantitative estimate of drug-likeness (QED) is 0.251. The maximum atomic E-state index is 14.0. The average Bonchev–Trinajstić information content (AvgIpc) is 3.05. The Morgan fingerprint density at radius 3 is 2.61 bits per heavy atom. The Balaban J connectivity index is 1.84. The van der Waals surface area contributed by atoms with E-state index in [-0.39, 0.29) is 42.3 Å². The summed E-state index contributed by atoms with van der Waals surface area (Å²) in [4.78, 5) is 39.5. The normalized spacial score (nSPS) is 22.9. The van der Waals surface area contributed by atoms with E-state index in [1.165, 1.54) is 26.1 Å². The molecule has 208 valence electrons. The molecule has 0 spiro atoms. The number of hydrogen-bond acceptors (Lipinski definition) is 10. The highest BCUT2D eigenvalue weighted by Gasteiger charge is 2.55. The molecule has 1 unspecified atom stereocenters. The molecular formula is C24H30Br2N3O8P. The van der Waals surface area contributed by atoms with Gasteiger partial charge in [-0.3, -0.25) is 13.9 Å². The summed E-state index contributed by atoms with van der Waals surface area (Å²) >= 11 is 6.74. The predicted molar refractivity (Wildman–Crippen MR) is 148 cm³/mol. The number of halogens is 2. The minimum atomic E-state index is -3.98. The van der Waals surface area contributed by atoms with E-state index in [4.69, 9.17) is 19.5 Å². The summed E-state index contributed by atoms with van der Waals surface area (Å²) in [5.41, 5.74) is 5.53. The maximum absolute atomic E-state index is 14.0. The van der Waals surface area contributed by atoms with Crippen LogP contribution in [0, 0.1) is 5.92 Å². The summed E-state index contributed by atoms with van der Waals surface area (Å²) in [6.45, 7) is 4.09. The third kappa shape index (κ3) is 7.40. The van der Waals surface area contributed by atoms with Crippen LogP contribution in [0.25, 0.3) is 0 Å². The molecule has 1 saturated heterocycles. The van der Waals surface area contributed by atoms with Crippen molar-refractivity contribution in [1.82, 2.24) is 9.55 Å². The van der Waals surface area contributed by atoms with Crippen LogP contribution in [0.15, 0.2) is 41.3 Å². The number of aliphatic hydroxyl groups is 1. The molecule has 2 heterocycles. The molecule has 3 rings (SSSR count). The van der Waals surface area contributed by atoms with Gasteiger partial charge in [-0.05, 0) is 38.0 Å². The van der Waals surface area contributed by atoms with Crippen molar-refractivity contribution in [1.29, 1.82) is 0 Å². The monoisotopic (exact) mass is 677 g/mol. The molecule has 0 saturated carbocycles. The van der Waals surface area contributed by atoms with E-state index in [1.807, 2.05) is 0 Å². The lowest BCUT2D eigenvalue weighted by Gasteiger charge is -2.25. The summed E-state index contributed by atoms with van der Waals surface area (Å²) < 4.78 is 31.4. The Morgan fingerprint density at radius 2 is 1.97 bits per heavy atom. The SMILES string of the molecule is CC(=O)CCc1ccccc1OP(=O)(C[C@@H](C)C(C)=O)OC[C@H]1O[C@@H](n2ccc(N)nc2=O)C(Br)(Br)[C@H]1O. The predicted octanol–water partition coefficient (Wildman–Crippen LogP) is 3.61. The van der Waals surface area contributed by atoms with Gasteiger partial charge in [-0.2, -0.15) is 4.98 Å². The van der Waals surface area contributed by atoms with Gasteiger partial charge in [0.1, 0.15) is 35.3 Å². The van der Waals surface area contributed by atoms with Gasteiger partial charge in [0.15, 0.2) is 9.46 Å². The number of carbonyl (C=O) groups excluding carboxylic acids is 2. The van der Waals surface area contributed by atoms with E-state index in [0.717, 1.165) is 4.57 Å². The molecule has 5 atom stereocenters. The highest BCUT2D eigenvalue weighted by molar-refractivity contribution is 9.25. The number of ketones is 2. The number of anilines is 1. The number of nitrogens with two attached hydrogens (primary N) is 1. The van der Waals surface area contributed by atoms with Crippen LogP contribution in [0.1, 0.15) is 39.0 Å². The molecule has 11 nitrogen and oxygen atoms in total. The lowest BCUT2D eigenvalue weighted by molar-refractivity contribution is -0.120. The minimum absolute atomic E-state index is 0.00482. The standard InChI is InChI=1S/C24H30Br2N3O8P/c1-14(16(3)31)13-38(34,37-18-7-5-4-6-17(18)9-8-15(2)30)35-12-19-21(32)24(25,26)22(36-19)29-11-10-20(27)28-23(29)33/h4-7,10-11,14,19,21-22,32H,8-9,12-13H2,1-3H3,(H2,27,28,33)/t14-,19-,21+,22-,38?/m1/s1. The van der Waals surface area contributed by atoms with Crippen molar-refractivity contribution in [3.8, 4) is 5.75 Å². The zero-order chi connectivity index (χ0) is 28.3. The van der Waals surface area contributed by atoms with E-state index >= 15 is 0 Å². The number of alkyl halides is 2. The van der Waals surface area contributed by atoms with Gasteiger partial charge in [0.25, 0.3) is 0 Å². The van der Waals surface area contributed by atoms with E-state index in [1.54, 1.807) is 31.2 Å². The molecule has 1 fully saturated rings. The Morgan fingerprint density at radius 1 is 1.29 bits per heavy atom. The zero-order valence-corrected chi connectivity index (χ0v) is 25.1. The van der Waals surface area contributed by atoms with E-state index in [9.17, 15) is 24.1 Å². The highest BCUT2D eigenvalue weighted by Crippen LogP contribution is 2.53. The Hall–Kier alpha value is -1.89. The van der Waals surface area contributed by atoms with Crippen LogP contribution in [-0.2, 0) is 29.8 Å². The van der Waals surface area contributed by atoms with Crippen LogP contribution < -0.4 is 15.9 Å². The van der Waals surface area contributed by atoms with Crippen molar-refractivity contribution in [2.75, 3.05) is 18.5 Å². The second-order valence-corrected chi connectivity index (χ2v) is 14.9. The fourth-order valence-electron chi connectivity index (χ4n) is 3.74. The first-order chi connectivity index (χ1) is 17.7. The van der Waals surface area contributed by atoms with Crippen LogP contribution in [-0.4, -0.2) is 54.4 Å². The van der Waals surface area contributed by atoms with Gasteiger partial charge < -0.3 is 24.9 Å². The van der Waals surface area contributed by atoms with Gasteiger partial charge >= 0.3 is 13.3 Å². The molecule has 1 aliphatic rings. The Bertz CT molecular complexity index is 1290. The van der Waals surface area contributed by atoms with E-state index in [0.29, 0.717) is 12.0 Å². The Kier molecular flexibility index (Phi) is 10.1. The summed E-state index contributed by atoms with van der Waals surface area (Å²) in [6.07, 6.45) is -1.57. The lowest BCUT2D eigenvalue weighted by Crippen LogP contribution is -2.39. The number of hydrogen-bond donors (Lipinski definition) is 2. The first-order valence-corrected chi connectivity index (χ1v) is 15.1. The van der Waals surface area contributed by atoms with Crippen molar-refractivity contribution in [2.24, 2.45) is 5.92 Å². The van der Waals surface area contributed by atoms with Crippen LogP contribution in [0.2, 0.25) is 0 Å². The first-order valence-electron chi connectivity index (χ1n) is 11.8. The topological polar surface area (TPSA) is 160 Å². The number of para-hydroxylation sites is 1. The number of rotatable bonds is 12. The van der Waals surface area contributed by atoms with Gasteiger partial charge in [-0.1, -0.05) is 57.0 Å². The molecule has 3 N–H and O–H groups in total. The zero-order valence-electron chi connectivity index (χ0n) is 21.1. The van der Waals surface area contributed by atoms with Gasteiger partial charge in [0.2, 0.25) is 0 Å². The summed E-state index contributed by atoms with van der Waals surface area (Å²) in [5, 5.41) is 10.9. The van der Waals surface area contributed by atoms with Crippen molar-refractivity contribution < 1.29 is 33.0 Å². The summed E-state index contributed by atoms with van der Waals surface area (Å²) in [6, 6.07) is 8.25. The fourth-order valence-corrected chi connectivity index (χ4v) is 7.00. The molecular weight excluding hydrogens is 649 g/mol. The van der Waals surface area contributed by atoms with Crippen molar-refractivity contribution in [2.45, 2.75) is 55.3 Å². The molecule has 1 aromatic carbocycles. The number of aryl methyl sites for hydroxylation is 1. The summed E-state index contributed by atoms with van der Waals surface area (Å²) in [7, 11) is -3.98. The number of aromatic nitrogens is 2. The van der Waals surface area contributed by atoms with Gasteiger partial charge in [0.05, 0.1) is 12.8 Å². The van der Waals surface area contributed by atoms with Crippen molar-refractivity contribution in [3.05, 3.63) is 52.6 Å². The van der Waals surface area contributed by atoms with Crippen LogP contribution in [0.3, 0.4) is 0 Å². The van der Waals surface area contributed by atoms with Crippen molar-refractivity contribution in [3.63, 3.8) is 0 Å². The van der Waals surface area contributed by atoms with Gasteiger partial charge in [0, 0.05) is 18.5 Å². The largest absolute Gasteiger partial charge is 0.424 e. The minimum Gasteiger partial charge on any atom is -0.424 e. The number of ether oxygens (including phenoxy) is 1. The third-order valence-electron chi connectivity index (χ3n) is 6.07. The molecule has 0 radical (unpaired) electrons. The number of carbonyl (C=O) groups is 2. The smallest absolute Gasteiger partial charge is 0.380 e. The average molecular weight is 679 g/mol. The Labute approximate surface area is 236 Å². The first kappa shape index (κ1) is 30.6. The van der Waals surface area contributed by atoms with Gasteiger partial charge in [-0.15, -0.1) is 0 Å². The number of nitrogen functional groups attached to an aromatic ring is 1. The molecule has 1 aliphatic heterocycles. The molecule has 0 aliphatic carbocycles. The number of aliphatic hydroxyl groups excluding tert-OH is 1. The number of benzene rings is 1. The lowest BCUT2D eigenvalue weighted by atomic mass is 10.1. The fraction of sp³-hybridized carbons (Fsp3) is 0.500. The molecule has 0 bridgehead atoms.